The van der Waals surface area contributed by atoms with Gasteiger partial charge in [0.1, 0.15) is 6.04 Å². The van der Waals surface area contributed by atoms with Gasteiger partial charge >= 0.3 is 5.97 Å². The van der Waals surface area contributed by atoms with Gasteiger partial charge in [0.25, 0.3) is 5.91 Å². The summed E-state index contributed by atoms with van der Waals surface area (Å²) in [7, 11) is 1.18. The van der Waals surface area contributed by atoms with Crippen molar-refractivity contribution < 1.29 is 24.5 Å². The number of rotatable bonds is 6. The van der Waals surface area contributed by atoms with Crippen molar-refractivity contribution in [2.45, 2.75) is 31.6 Å². The molecular formula is C12H16ClNO5S. The van der Waals surface area contributed by atoms with E-state index in [0.29, 0.717) is 9.21 Å². The highest BCUT2D eigenvalue weighted by atomic mass is 35.5. The van der Waals surface area contributed by atoms with Crippen molar-refractivity contribution in [1.29, 1.82) is 0 Å². The van der Waals surface area contributed by atoms with Gasteiger partial charge in [-0.15, -0.1) is 11.3 Å². The van der Waals surface area contributed by atoms with E-state index in [2.05, 4.69) is 10.1 Å². The lowest BCUT2D eigenvalue weighted by Crippen LogP contribution is -2.45. The SMILES string of the molecule is COC(=O)C(CC(O)C(C)O)NC(=O)c1ccc(Cl)s1. The first-order chi connectivity index (χ1) is 9.35. The second kappa shape index (κ2) is 7.58. The molecule has 1 aromatic rings. The van der Waals surface area contributed by atoms with Crippen LogP contribution >= 0.6 is 22.9 Å². The molecule has 1 rings (SSSR count). The first-order valence-electron chi connectivity index (χ1n) is 5.85. The predicted molar refractivity (Wildman–Crippen MR) is 74.9 cm³/mol. The molecule has 0 fully saturated rings. The summed E-state index contributed by atoms with van der Waals surface area (Å²) in [6, 6.07) is 2.05. The molecule has 0 aromatic carbocycles. The summed E-state index contributed by atoms with van der Waals surface area (Å²) in [6.07, 6.45) is -2.31. The fraction of sp³-hybridized carbons (Fsp3) is 0.500. The number of nitrogens with one attached hydrogen (secondary N) is 1. The van der Waals surface area contributed by atoms with Gasteiger partial charge in [-0.3, -0.25) is 4.79 Å². The zero-order valence-corrected chi connectivity index (χ0v) is 12.6. The number of esters is 1. The minimum Gasteiger partial charge on any atom is -0.467 e. The van der Waals surface area contributed by atoms with E-state index < -0.39 is 30.1 Å². The number of ether oxygens (including phenoxy) is 1. The van der Waals surface area contributed by atoms with Crippen molar-refractivity contribution in [3.63, 3.8) is 0 Å². The third-order valence-corrected chi connectivity index (χ3v) is 3.85. The minimum absolute atomic E-state index is 0.144. The zero-order valence-electron chi connectivity index (χ0n) is 11.0. The topological polar surface area (TPSA) is 95.9 Å². The van der Waals surface area contributed by atoms with E-state index in [1.54, 1.807) is 6.07 Å². The molecule has 0 aliphatic rings. The van der Waals surface area contributed by atoms with Gasteiger partial charge in [0, 0.05) is 6.42 Å². The van der Waals surface area contributed by atoms with Crippen molar-refractivity contribution in [2.24, 2.45) is 0 Å². The van der Waals surface area contributed by atoms with Gasteiger partial charge in [0.15, 0.2) is 0 Å². The maximum absolute atomic E-state index is 11.9. The average molecular weight is 322 g/mol. The molecule has 6 nitrogen and oxygen atoms in total. The van der Waals surface area contributed by atoms with Crippen LogP contribution < -0.4 is 5.32 Å². The molecule has 0 saturated carbocycles. The smallest absolute Gasteiger partial charge is 0.328 e. The highest BCUT2D eigenvalue weighted by Crippen LogP contribution is 2.21. The number of methoxy groups -OCH3 is 1. The van der Waals surface area contributed by atoms with Gasteiger partial charge in [-0.2, -0.15) is 0 Å². The molecule has 3 unspecified atom stereocenters. The Bertz CT molecular complexity index is 476. The predicted octanol–water partition coefficient (Wildman–Crippen LogP) is 0.805. The lowest BCUT2D eigenvalue weighted by molar-refractivity contribution is -0.144. The first-order valence-corrected chi connectivity index (χ1v) is 7.04. The molecule has 0 bridgehead atoms. The Kier molecular flexibility index (Phi) is 6.41. The molecular weight excluding hydrogens is 306 g/mol. The van der Waals surface area contributed by atoms with E-state index in [1.165, 1.54) is 20.1 Å². The largest absolute Gasteiger partial charge is 0.467 e. The molecule has 112 valence electrons. The molecule has 3 N–H and O–H groups in total. The molecule has 20 heavy (non-hydrogen) atoms. The number of thiophene rings is 1. The Balaban J connectivity index is 2.74. The third-order valence-electron chi connectivity index (χ3n) is 2.62. The minimum atomic E-state index is -1.15. The summed E-state index contributed by atoms with van der Waals surface area (Å²) in [6.45, 7) is 1.39. The van der Waals surface area contributed by atoms with E-state index >= 15 is 0 Å². The van der Waals surface area contributed by atoms with Crippen LogP contribution in [0.4, 0.5) is 0 Å². The van der Waals surface area contributed by atoms with Crippen LogP contribution in [0.2, 0.25) is 4.34 Å². The van der Waals surface area contributed by atoms with Crippen molar-refractivity contribution in [3.05, 3.63) is 21.3 Å². The van der Waals surface area contributed by atoms with Crippen LogP contribution in [0.25, 0.3) is 0 Å². The maximum atomic E-state index is 11.9. The summed E-state index contributed by atoms with van der Waals surface area (Å²) in [4.78, 5) is 23.9. The molecule has 0 aliphatic heterocycles. The van der Waals surface area contributed by atoms with Gasteiger partial charge in [-0.25, -0.2) is 4.79 Å². The molecule has 0 aliphatic carbocycles. The molecule has 0 saturated heterocycles. The van der Waals surface area contributed by atoms with Crippen LogP contribution in [-0.2, 0) is 9.53 Å². The van der Waals surface area contributed by atoms with Gasteiger partial charge in [-0.1, -0.05) is 11.6 Å². The van der Waals surface area contributed by atoms with Crippen molar-refractivity contribution in [3.8, 4) is 0 Å². The lowest BCUT2D eigenvalue weighted by Gasteiger charge is -2.20. The maximum Gasteiger partial charge on any atom is 0.328 e. The van der Waals surface area contributed by atoms with Crippen molar-refractivity contribution in [2.75, 3.05) is 7.11 Å². The third kappa shape index (κ3) is 4.75. The van der Waals surface area contributed by atoms with Crippen LogP contribution in [0.15, 0.2) is 12.1 Å². The zero-order chi connectivity index (χ0) is 15.3. The molecule has 1 aromatic heterocycles. The summed E-state index contributed by atoms with van der Waals surface area (Å²) in [5.74, 6) is -1.18. The standard InChI is InChI=1S/C12H16ClNO5S/c1-6(15)8(16)5-7(12(18)19-2)14-11(17)9-3-4-10(13)20-9/h3-4,6-8,15-16H,5H2,1-2H3,(H,14,17). The molecule has 8 heteroatoms. The van der Waals surface area contributed by atoms with Crippen LogP contribution in [0.3, 0.4) is 0 Å². The molecule has 0 spiro atoms. The van der Waals surface area contributed by atoms with Crippen LogP contribution in [0.1, 0.15) is 23.0 Å². The highest BCUT2D eigenvalue weighted by molar-refractivity contribution is 7.18. The second-order valence-electron chi connectivity index (χ2n) is 4.20. The lowest BCUT2D eigenvalue weighted by atomic mass is 10.1. The van der Waals surface area contributed by atoms with E-state index in [0.717, 1.165) is 11.3 Å². The van der Waals surface area contributed by atoms with E-state index in [9.17, 15) is 19.8 Å². The first kappa shape index (κ1) is 16.9. The number of aliphatic hydroxyl groups is 2. The molecule has 1 amide bonds. The Morgan fingerprint density at radius 1 is 1.45 bits per heavy atom. The number of hydrogen-bond acceptors (Lipinski definition) is 6. The second-order valence-corrected chi connectivity index (χ2v) is 5.91. The fourth-order valence-corrected chi connectivity index (χ4v) is 2.41. The van der Waals surface area contributed by atoms with Crippen LogP contribution in [0, 0.1) is 0 Å². The van der Waals surface area contributed by atoms with E-state index in [4.69, 9.17) is 11.6 Å². The van der Waals surface area contributed by atoms with E-state index in [1.807, 2.05) is 0 Å². The summed E-state index contributed by atoms with van der Waals surface area (Å²) in [5, 5.41) is 21.3. The van der Waals surface area contributed by atoms with Gasteiger partial charge < -0.3 is 20.3 Å². The van der Waals surface area contributed by atoms with Crippen LogP contribution in [-0.4, -0.2) is 47.4 Å². The van der Waals surface area contributed by atoms with E-state index in [-0.39, 0.29) is 6.42 Å². The number of hydrogen-bond donors (Lipinski definition) is 3. The molecule has 3 atom stereocenters. The van der Waals surface area contributed by atoms with Crippen molar-refractivity contribution in [1.82, 2.24) is 5.32 Å². The number of carbonyl (C=O) groups excluding carboxylic acids is 2. The Morgan fingerprint density at radius 2 is 2.10 bits per heavy atom. The molecule has 1 heterocycles. The normalized spacial score (nSPS) is 15.2. The Morgan fingerprint density at radius 3 is 2.55 bits per heavy atom. The Hall–Kier alpha value is -1.15. The number of aliphatic hydroxyl groups excluding tert-OH is 2. The number of carbonyl (C=O) groups is 2. The number of amides is 1. The van der Waals surface area contributed by atoms with Gasteiger partial charge in [-0.05, 0) is 19.1 Å². The van der Waals surface area contributed by atoms with Gasteiger partial charge in [0.05, 0.1) is 28.5 Å². The van der Waals surface area contributed by atoms with Crippen LogP contribution in [0.5, 0.6) is 0 Å². The Labute approximate surface area is 125 Å². The monoisotopic (exact) mass is 321 g/mol. The fourth-order valence-electron chi connectivity index (χ4n) is 1.46. The van der Waals surface area contributed by atoms with Gasteiger partial charge in [0.2, 0.25) is 0 Å². The molecule has 0 radical (unpaired) electrons. The quantitative estimate of drug-likeness (QED) is 0.674. The number of halogens is 1. The van der Waals surface area contributed by atoms with Crippen molar-refractivity contribution >= 4 is 34.8 Å². The summed E-state index contributed by atoms with van der Waals surface area (Å²) in [5.41, 5.74) is 0. The summed E-state index contributed by atoms with van der Waals surface area (Å²) < 4.78 is 5.02. The summed E-state index contributed by atoms with van der Waals surface area (Å²) >= 11 is 6.80. The average Bonchev–Trinajstić information content (AvgIpc) is 2.83. The highest BCUT2D eigenvalue weighted by Gasteiger charge is 2.27.